The summed E-state index contributed by atoms with van der Waals surface area (Å²) in [5.74, 6) is -0.128. The third kappa shape index (κ3) is 2.31. The summed E-state index contributed by atoms with van der Waals surface area (Å²) in [7, 11) is -2.16. The molecule has 0 atom stereocenters. The maximum absolute atomic E-state index is 13.3. The SMILES string of the molecule is CN1C(=O)c2cccc3c(S(=O)(=O)Nc4cccc5ccccc45)ccc1c23. The molecule has 0 bridgehead atoms. The predicted molar refractivity (Wildman–Crippen MR) is 111 cm³/mol. The molecule has 5 rings (SSSR count). The van der Waals surface area contributed by atoms with Gasteiger partial charge in [-0.15, -0.1) is 0 Å². The Morgan fingerprint density at radius 2 is 1.54 bits per heavy atom. The highest BCUT2D eigenvalue weighted by atomic mass is 32.2. The molecule has 1 N–H and O–H groups in total. The highest BCUT2D eigenvalue weighted by molar-refractivity contribution is 7.93. The van der Waals surface area contributed by atoms with Gasteiger partial charge in [-0.2, -0.15) is 0 Å². The van der Waals surface area contributed by atoms with E-state index < -0.39 is 10.0 Å². The van der Waals surface area contributed by atoms with Gasteiger partial charge in [-0.1, -0.05) is 48.5 Å². The number of benzene rings is 4. The van der Waals surface area contributed by atoms with Gasteiger partial charge in [-0.05, 0) is 29.7 Å². The molecule has 0 fully saturated rings. The van der Waals surface area contributed by atoms with E-state index in [0.29, 0.717) is 22.0 Å². The van der Waals surface area contributed by atoms with E-state index >= 15 is 0 Å². The van der Waals surface area contributed by atoms with Crippen molar-refractivity contribution in [2.24, 2.45) is 0 Å². The van der Waals surface area contributed by atoms with Gasteiger partial charge in [0.2, 0.25) is 0 Å². The molecule has 1 amide bonds. The third-order valence-corrected chi connectivity index (χ3v) is 6.62. The van der Waals surface area contributed by atoms with Crippen LogP contribution in [0.4, 0.5) is 11.4 Å². The molecule has 0 unspecified atom stereocenters. The summed E-state index contributed by atoms with van der Waals surface area (Å²) in [6, 6.07) is 21.6. The van der Waals surface area contributed by atoms with E-state index in [9.17, 15) is 13.2 Å². The van der Waals surface area contributed by atoms with E-state index in [4.69, 9.17) is 0 Å². The summed E-state index contributed by atoms with van der Waals surface area (Å²) < 4.78 is 29.2. The molecule has 0 aliphatic carbocycles. The third-order valence-electron chi connectivity index (χ3n) is 5.20. The first-order valence-electron chi connectivity index (χ1n) is 8.82. The fourth-order valence-corrected chi connectivity index (χ4v) is 5.14. The van der Waals surface area contributed by atoms with Crippen LogP contribution < -0.4 is 9.62 Å². The lowest BCUT2D eigenvalue weighted by atomic mass is 10.1. The van der Waals surface area contributed by atoms with Gasteiger partial charge in [0.15, 0.2) is 0 Å². The highest BCUT2D eigenvalue weighted by Crippen LogP contribution is 2.39. The fraction of sp³-hybridized carbons (Fsp3) is 0.0455. The first-order chi connectivity index (χ1) is 13.5. The van der Waals surface area contributed by atoms with Crippen LogP contribution in [-0.4, -0.2) is 21.4 Å². The molecule has 5 nitrogen and oxygen atoms in total. The molecule has 138 valence electrons. The average molecular weight is 388 g/mol. The number of nitrogens with zero attached hydrogens (tertiary/aromatic N) is 1. The van der Waals surface area contributed by atoms with Gasteiger partial charge in [-0.25, -0.2) is 8.42 Å². The predicted octanol–water partition coefficient (Wildman–Crippen LogP) is 4.38. The zero-order valence-electron chi connectivity index (χ0n) is 15.0. The van der Waals surface area contributed by atoms with Crippen molar-refractivity contribution in [2.75, 3.05) is 16.7 Å². The Bertz CT molecular complexity index is 1390. The molecule has 0 saturated carbocycles. The quantitative estimate of drug-likeness (QED) is 0.566. The monoisotopic (exact) mass is 388 g/mol. The number of amides is 1. The summed E-state index contributed by atoms with van der Waals surface area (Å²) >= 11 is 0. The van der Waals surface area contributed by atoms with Gasteiger partial charge in [0, 0.05) is 28.8 Å². The Hall–Kier alpha value is -3.38. The number of fused-ring (bicyclic) bond motifs is 1. The van der Waals surface area contributed by atoms with Crippen LogP contribution in [0.5, 0.6) is 0 Å². The lowest BCUT2D eigenvalue weighted by Crippen LogP contribution is -2.20. The second-order valence-corrected chi connectivity index (χ2v) is 8.46. The van der Waals surface area contributed by atoms with Crippen LogP contribution in [0.3, 0.4) is 0 Å². The Morgan fingerprint density at radius 3 is 2.39 bits per heavy atom. The van der Waals surface area contributed by atoms with Crippen molar-refractivity contribution in [3.05, 3.63) is 78.4 Å². The van der Waals surface area contributed by atoms with E-state index in [1.54, 1.807) is 48.3 Å². The Kier molecular flexibility index (Phi) is 3.48. The van der Waals surface area contributed by atoms with Gasteiger partial charge in [0.1, 0.15) is 0 Å². The van der Waals surface area contributed by atoms with Crippen LogP contribution >= 0.6 is 0 Å². The number of hydrogen-bond donors (Lipinski definition) is 1. The van der Waals surface area contributed by atoms with Crippen molar-refractivity contribution in [3.8, 4) is 0 Å². The first-order valence-corrected chi connectivity index (χ1v) is 10.3. The number of nitrogens with one attached hydrogen (secondary N) is 1. The molecule has 4 aromatic carbocycles. The summed E-state index contributed by atoms with van der Waals surface area (Å²) in [6.45, 7) is 0. The fourth-order valence-electron chi connectivity index (χ4n) is 3.86. The van der Waals surface area contributed by atoms with Gasteiger partial charge in [0.05, 0.1) is 16.3 Å². The Morgan fingerprint density at radius 1 is 0.821 bits per heavy atom. The molecule has 0 radical (unpaired) electrons. The highest BCUT2D eigenvalue weighted by Gasteiger charge is 2.30. The molecule has 1 aliphatic heterocycles. The van der Waals surface area contributed by atoms with Crippen LogP contribution in [0.1, 0.15) is 10.4 Å². The van der Waals surface area contributed by atoms with E-state index in [-0.39, 0.29) is 10.8 Å². The maximum Gasteiger partial charge on any atom is 0.262 e. The van der Waals surface area contributed by atoms with Crippen molar-refractivity contribution in [2.45, 2.75) is 4.90 Å². The minimum absolute atomic E-state index is 0.128. The number of sulfonamides is 1. The van der Waals surface area contributed by atoms with Crippen LogP contribution in [0, 0.1) is 0 Å². The largest absolute Gasteiger partial charge is 0.311 e. The van der Waals surface area contributed by atoms with Crippen LogP contribution in [-0.2, 0) is 10.0 Å². The van der Waals surface area contributed by atoms with Crippen LogP contribution in [0.25, 0.3) is 21.5 Å². The summed E-state index contributed by atoms with van der Waals surface area (Å²) in [5.41, 5.74) is 1.77. The van der Waals surface area contributed by atoms with Crippen molar-refractivity contribution in [3.63, 3.8) is 0 Å². The lowest BCUT2D eigenvalue weighted by molar-refractivity contribution is 0.0999. The normalized spacial score (nSPS) is 13.5. The van der Waals surface area contributed by atoms with Crippen molar-refractivity contribution >= 4 is 48.9 Å². The summed E-state index contributed by atoms with van der Waals surface area (Å²) in [4.78, 5) is 14.1. The van der Waals surface area contributed by atoms with Gasteiger partial charge in [0.25, 0.3) is 15.9 Å². The van der Waals surface area contributed by atoms with Crippen molar-refractivity contribution in [1.29, 1.82) is 0 Å². The second-order valence-electron chi connectivity index (χ2n) is 6.81. The van der Waals surface area contributed by atoms with Crippen LogP contribution in [0.15, 0.2) is 77.7 Å². The number of carbonyl (C=O) groups excluding carboxylic acids is 1. The van der Waals surface area contributed by atoms with E-state index in [2.05, 4.69) is 4.72 Å². The van der Waals surface area contributed by atoms with Crippen LogP contribution in [0.2, 0.25) is 0 Å². The molecule has 1 heterocycles. The summed E-state index contributed by atoms with van der Waals surface area (Å²) in [6.07, 6.45) is 0. The Labute approximate surface area is 162 Å². The summed E-state index contributed by atoms with van der Waals surface area (Å²) in [5, 5.41) is 3.00. The average Bonchev–Trinajstić information content (AvgIpc) is 2.95. The molecule has 0 saturated heterocycles. The zero-order chi connectivity index (χ0) is 19.5. The standard InChI is InChI=1S/C22H16N2O3S/c1-24-19-12-13-20(16-9-5-10-17(21(16)19)22(24)25)28(26,27)23-18-11-4-7-14-6-2-3-8-15(14)18/h2-13,23H,1H3. The molecule has 28 heavy (non-hydrogen) atoms. The van der Waals surface area contributed by atoms with Gasteiger partial charge in [-0.3, -0.25) is 9.52 Å². The Balaban J connectivity index is 1.69. The van der Waals surface area contributed by atoms with E-state index in [1.165, 1.54) is 0 Å². The van der Waals surface area contributed by atoms with Crippen molar-refractivity contribution < 1.29 is 13.2 Å². The molecular weight excluding hydrogens is 372 g/mol. The zero-order valence-corrected chi connectivity index (χ0v) is 15.8. The topological polar surface area (TPSA) is 66.5 Å². The number of rotatable bonds is 3. The maximum atomic E-state index is 13.3. The molecule has 0 spiro atoms. The van der Waals surface area contributed by atoms with E-state index in [0.717, 1.165) is 16.5 Å². The molecule has 1 aliphatic rings. The number of carbonyl (C=O) groups is 1. The first kappa shape index (κ1) is 16.8. The second kappa shape index (κ2) is 5.81. The van der Waals surface area contributed by atoms with Gasteiger partial charge < -0.3 is 4.90 Å². The molecule has 0 aromatic heterocycles. The van der Waals surface area contributed by atoms with E-state index in [1.807, 2.05) is 36.4 Å². The minimum Gasteiger partial charge on any atom is -0.311 e. The van der Waals surface area contributed by atoms with Gasteiger partial charge >= 0.3 is 0 Å². The minimum atomic E-state index is -3.85. The smallest absolute Gasteiger partial charge is 0.262 e. The molecule has 6 heteroatoms. The number of anilines is 2. The lowest BCUT2D eigenvalue weighted by Gasteiger charge is -2.14. The number of hydrogen-bond acceptors (Lipinski definition) is 3. The molecule has 4 aromatic rings. The van der Waals surface area contributed by atoms with Crippen molar-refractivity contribution in [1.82, 2.24) is 0 Å². The molecular formula is C22H16N2O3S.